The van der Waals surface area contributed by atoms with Crippen molar-refractivity contribution in [2.75, 3.05) is 4.90 Å². The summed E-state index contributed by atoms with van der Waals surface area (Å²) in [6.45, 7) is 11.3. The van der Waals surface area contributed by atoms with Crippen LogP contribution in [0.3, 0.4) is 0 Å². The first-order valence-electron chi connectivity index (χ1n) is 8.90. The summed E-state index contributed by atoms with van der Waals surface area (Å²) in [6, 6.07) is 25.9. The van der Waals surface area contributed by atoms with Crippen LogP contribution >= 0.6 is 0 Å². The number of hydrogen-bond acceptors (Lipinski definition) is 1. The van der Waals surface area contributed by atoms with E-state index in [1.54, 1.807) is 0 Å². The third kappa shape index (κ3) is 3.61. The lowest BCUT2D eigenvalue weighted by molar-refractivity contribution is 0.589. The zero-order chi connectivity index (χ0) is 18.0. The first-order chi connectivity index (χ1) is 11.9. The number of anilines is 3. The second-order valence-corrected chi connectivity index (χ2v) is 7.72. The monoisotopic (exact) mass is 329 g/mol. The zero-order valence-electron chi connectivity index (χ0n) is 15.9. The van der Waals surface area contributed by atoms with Gasteiger partial charge in [-0.2, -0.15) is 0 Å². The summed E-state index contributed by atoms with van der Waals surface area (Å²) in [6.07, 6.45) is 0. The molecule has 0 saturated carbocycles. The third-order valence-corrected chi connectivity index (χ3v) is 4.61. The molecule has 0 amide bonds. The number of rotatable bonds is 3. The van der Waals surface area contributed by atoms with Gasteiger partial charge in [-0.15, -0.1) is 0 Å². The van der Waals surface area contributed by atoms with Crippen LogP contribution in [-0.2, 0) is 5.41 Å². The summed E-state index contributed by atoms with van der Waals surface area (Å²) in [5.74, 6) is 0. The smallest absolute Gasteiger partial charge is 0.0520 e. The molecule has 0 saturated heterocycles. The fourth-order valence-electron chi connectivity index (χ4n) is 3.30. The maximum absolute atomic E-state index is 2.36. The Morgan fingerprint density at radius 2 is 1.04 bits per heavy atom. The van der Waals surface area contributed by atoms with E-state index in [1.165, 1.54) is 33.8 Å². The normalized spacial score (nSPS) is 11.4. The highest BCUT2D eigenvalue weighted by Gasteiger charge is 2.20. The molecule has 0 atom stereocenters. The van der Waals surface area contributed by atoms with Crippen molar-refractivity contribution < 1.29 is 0 Å². The van der Waals surface area contributed by atoms with Gasteiger partial charge >= 0.3 is 0 Å². The first-order valence-corrected chi connectivity index (χ1v) is 8.90. The summed E-state index contributed by atoms with van der Waals surface area (Å²) in [5, 5.41) is 0. The van der Waals surface area contributed by atoms with Gasteiger partial charge in [0, 0.05) is 11.4 Å². The molecule has 25 heavy (non-hydrogen) atoms. The summed E-state index contributed by atoms with van der Waals surface area (Å²) in [4.78, 5) is 2.36. The van der Waals surface area contributed by atoms with Crippen LogP contribution in [0.25, 0.3) is 0 Å². The van der Waals surface area contributed by atoms with Crippen LogP contribution in [-0.4, -0.2) is 0 Å². The molecule has 1 nitrogen and oxygen atoms in total. The lowest BCUT2D eigenvalue weighted by Crippen LogP contribution is -2.16. The Hall–Kier alpha value is -2.54. The van der Waals surface area contributed by atoms with E-state index in [-0.39, 0.29) is 5.41 Å². The second-order valence-electron chi connectivity index (χ2n) is 7.72. The van der Waals surface area contributed by atoms with Crippen molar-refractivity contribution in [2.45, 2.75) is 40.0 Å². The van der Waals surface area contributed by atoms with E-state index in [9.17, 15) is 0 Å². The topological polar surface area (TPSA) is 3.24 Å². The van der Waals surface area contributed by atoms with Gasteiger partial charge in [0.2, 0.25) is 0 Å². The molecule has 0 spiro atoms. The highest BCUT2D eigenvalue weighted by molar-refractivity contribution is 5.80. The van der Waals surface area contributed by atoms with Crippen molar-refractivity contribution in [2.24, 2.45) is 0 Å². The van der Waals surface area contributed by atoms with E-state index in [0.29, 0.717) is 0 Å². The second kappa shape index (κ2) is 6.76. The predicted molar refractivity (Wildman–Crippen MR) is 109 cm³/mol. The highest BCUT2D eigenvalue weighted by atomic mass is 15.1. The van der Waals surface area contributed by atoms with Crippen LogP contribution in [0.1, 0.15) is 37.5 Å². The lowest BCUT2D eigenvalue weighted by Gasteiger charge is -2.30. The standard InChI is InChI=1S/C24H27N/c1-18-16-20(24(3,4)5)17-19(2)23(18)25(21-12-8-6-9-13-21)22-14-10-7-11-15-22/h6-17H,1-5H3. The van der Waals surface area contributed by atoms with Crippen LogP contribution in [0.5, 0.6) is 0 Å². The van der Waals surface area contributed by atoms with E-state index in [2.05, 4.69) is 112 Å². The molecule has 0 bridgehead atoms. The molecular weight excluding hydrogens is 302 g/mol. The molecule has 3 rings (SSSR count). The molecule has 0 heterocycles. The average Bonchev–Trinajstić information content (AvgIpc) is 2.58. The summed E-state index contributed by atoms with van der Waals surface area (Å²) >= 11 is 0. The number of aryl methyl sites for hydroxylation is 2. The highest BCUT2D eigenvalue weighted by Crippen LogP contribution is 2.40. The molecular formula is C24H27N. The first kappa shape index (κ1) is 17.3. The van der Waals surface area contributed by atoms with Crippen molar-refractivity contribution in [3.63, 3.8) is 0 Å². The average molecular weight is 329 g/mol. The van der Waals surface area contributed by atoms with Crippen LogP contribution < -0.4 is 4.90 Å². The van der Waals surface area contributed by atoms with Gasteiger partial charge in [0.05, 0.1) is 5.69 Å². The van der Waals surface area contributed by atoms with Crippen molar-refractivity contribution in [1.82, 2.24) is 0 Å². The molecule has 0 fully saturated rings. The summed E-state index contributed by atoms with van der Waals surface area (Å²) in [5.41, 5.74) is 7.78. The van der Waals surface area contributed by atoms with Gasteiger partial charge in [-0.25, -0.2) is 0 Å². The van der Waals surface area contributed by atoms with Crippen LogP contribution in [0, 0.1) is 13.8 Å². The van der Waals surface area contributed by atoms with Gasteiger partial charge in [-0.3, -0.25) is 0 Å². The van der Waals surface area contributed by atoms with E-state index in [4.69, 9.17) is 0 Å². The Morgan fingerprint density at radius 1 is 0.640 bits per heavy atom. The minimum atomic E-state index is 0.151. The maximum atomic E-state index is 2.36. The quantitative estimate of drug-likeness (QED) is 0.496. The minimum Gasteiger partial charge on any atom is -0.310 e. The van der Waals surface area contributed by atoms with Gasteiger partial charge in [0.15, 0.2) is 0 Å². The molecule has 0 aliphatic heterocycles. The third-order valence-electron chi connectivity index (χ3n) is 4.61. The van der Waals surface area contributed by atoms with Gasteiger partial charge < -0.3 is 4.90 Å². The Bertz CT molecular complexity index is 780. The minimum absolute atomic E-state index is 0.151. The molecule has 1 heteroatoms. The van der Waals surface area contributed by atoms with Crippen LogP contribution in [0.15, 0.2) is 72.8 Å². The molecule has 3 aromatic carbocycles. The Kier molecular flexibility index (Phi) is 4.67. The molecule has 3 aromatic rings. The summed E-state index contributed by atoms with van der Waals surface area (Å²) < 4.78 is 0. The van der Waals surface area contributed by atoms with Crippen LogP contribution in [0.2, 0.25) is 0 Å². The van der Waals surface area contributed by atoms with E-state index >= 15 is 0 Å². The molecule has 0 unspecified atom stereocenters. The number of nitrogens with zero attached hydrogens (tertiary/aromatic N) is 1. The predicted octanol–water partition coefficient (Wildman–Crippen LogP) is 7.07. The Balaban J connectivity index is 2.21. The van der Waals surface area contributed by atoms with Crippen molar-refractivity contribution in [1.29, 1.82) is 0 Å². The molecule has 128 valence electrons. The number of benzene rings is 3. The van der Waals surface area contributed by atoms with E-state index < -0.39 is 0 Å². The zero-order valence-corrected chi connectivity index (χ0v) is 15.9. The van der Waals surface area contributed by atoms with Gasteiger partial charge in [-0.05, 0) is 60.2 Å². The number of para-hydroxylation sites is 2. The lowest BCUT2D eigenvalue weighted by atomic mass is 9.84. The fraction of sp³-hybridized carbons (Fsp3) is 0.250. The van der Waals surface area contributed by atoms with Crippen LogP contribution in [0.4, 0.5) is 17.1 Å². The van der Waals surface area contributed by atoms with Crippen molar-refractivity contribution in [3.05, 3.63) is 89.5 Å². The molecule has 0 aromatic heterocycles. The van der Waals surface area contributed by atoms with Gasteiger partial charge in [-0.1, -0.05) is 69.3 Å². The molecule has 0 N–H and O–H groups in total. The largest absolute Gasteiger partial charge is 0.310 e. The van der Waals surface area contributed by atoms with Crippen molar-refractivity contribution in [3.8, 4) is 0 Å². The Labute approximate surface area is 151 Å². The van der Waals surface area contributed by atoms with Gasteiger partial charge in [0.25, 0.3) is 0 Å². The number of hydrogen-bond donors (Lipinski definition) is 0. The molecule has 0 radical (unpaired) electrons. The SMILES string of the molecule is Cc1cc(C(C)(C)C)cc(C)c1N(c1ccccc1)c1ccccc1. The molecule has 0 aliphatic carbocycles. The fourth-order valence-corrected chi connectivity index (χ4v) is 3.30. The molecule has 0 aliphatic rings. The summed E-state index contributed by atoms with van der Waals surface area (Å²) in [7, 11) is 0. The maximum Gasteiger partial charge on any atom is 0.0520 e. The van der Waals surface area contributed by atoms with E-state index in [0.717, 1.165) is 0 Å². The van der Waals surface area contributed by atoms with E-state index in [1.807, 2.05) is 0 Å². The Morgan fingerprint density at radius 3 is 1.40 bits per heavy atom. The van der Waals surface area contributed by atoms with Gasteiger partial charge in [0.1, 0.15) is 0 Å². The van der Waals surface area contributed by atoms with Crippen molar-refractivity contribution >= 4 is 17.1 Å².